The molecule has 2 atom stereocenters. The molecular formula is C14H26O4. The second-order valence-corrected chi connectivity index (χ2v) is 5.67. The van der Waals surface area contributed by atoms with Crippen LogP contribution in [0.3, 0.4) is 0 Å². The van der Waals surface area contributed by atoms with Crippen LogP contribution in [0.4, 0.5) is 0 Å². The van der Waals surface area contributed by atoms with Crippen LogP contribution < -0.4 is 0 Å². The number of esters is 1. The molecule has 1 N–H and O–H groups in total. The average molecular weight is 258 g/mol. The molecule has 1 saturated carbocycles. The molecule has 0 heterocycles. The number of hydrogen-bond acceptors (Lipinski definition) is 4. The van der Waals surface area contributed by atoms with E-state index in [9.17, 15) is 4.79 Å². The summed E-state index contributed by atoms with van der Waals surface area (Å²) in [5, 5.41) is 8.60. The lowest BCUT2D eigenvalue weighted by Crippen LogP contribution is -2.45. The lowest BCUT2D eigenvalue weighted by atomic mass is 9.73. The van der Waals surface area contributed by atoms with Crippen molar-refractivity contribution in [2.24, 2.45) is 11.8 Å². The molecular weight excluding hydrogens is 232 g/mol. The zero-order chi connectivity index (χ0) is 13.6. The predicted molar refractivity (Wildman–Crippen MR) is 69.2 cm³/mol. The lowest BCUT2D eigenvalue weighted by molar-refractivity contribution is -0.177. The standard InChI is InChI=1S/C14H26O4/c1-11(2)14(6-4-5-12(3)9-14)18-13(16)10-17-8-7-15/h11-12,15H,4-10H2,1-3H3/t12-,14?/m1/s1. The normalized spacial score (nSPS) is 28.4. The van der Waals surface area contributed by atoms with Crippen molar-refractivity contribution in [2.75, 3.05) is 19.8 Å². The summed E-state index contributed by atoms with van der Waals surface area (Å²) in [5.74, 6) is 0.612. The molecule has 0 amide bonds. The topological polar surface area (TPSA) is 55.8 Å². The van der Waals surface area contributed by atoms with Gasteiger partial charge in [0, 0.05) is 0 Å². The van der Waals surface area contributed by atoms with Crippen LogP contribution in [0.15, 0.2) is 0 Å². The summed E-state index contributed by atoms with van der Waals surface area (Å²) in [7, 11) is 0. The van der Waals surface area contributed by atoms with Crippen molar-refractivity contribution in [2.45, 2.75) is 52.1 Å². The average Bonchev–Trinajstić information content (AvgIpc) is 2.29. The lowest BCUT2D eigenvalue weighted by Gasteiger charge is -2.42. The Balaban J connectivity index is 2.54. The van der Waals surface area contributed by atoms with E-state index in [1.807, 2.05) is 0 Å². The van der Waals surface area contributed by atoms with E-state index in [0.29, 0.717) is 11.8 Å². The van der Waals surface area contributed by atoms with Crippen molar-refractivity contribution in [3.8, 4) is 0 Å². The van der Waals surface area contributed by atoms with Crippen molar-refractivity contribution in [3.63, 3.8) is 0 Å². The fourth-order valence-electron chi connectivity index (χ4n) is 2.75. The van der Waals surface area contributed by atoms with Crippen LogP contribution in [0, 0.1) is 11.8 Å². The number of carbonyl (C=O) groups excluding carboxylic acids is 1. The SMILES string of the molecule is CC(C)C1(OC(=O)COCCO)CCC[C@@H](C)C1. The third-order valence-corrected chi connectivity index (χ3v) is 3.82. The van der Waals surface area contributed by atoms with Crippen LogP contribution in [0.5, 0.6) is 0 Å². The number of carbonyl (C=O) groups is 1. The Morgan fingerprint density at radius 3 is 2.78 bits per heavy atom. The van der Waals surface area contributed by atoms with Gasteiger partial charge in [-0.2, -0.15) is 0 Å². The van der Waals surface area contributed by atoms with E-state index in [1.165, 1.54) is 6.42 Å². The molecule has 0 aromatic rings. The summed E-state index contributed by atoms with van der Waals surface area (Å²) >= 11 is 0. The molecule has 1 unspecified atom stereocenters. The number of hydrogen-bond donors (Lipinski definition) is 1. The van der Waals surface area contributed by atoms with E-state index in [0.717, 1.165) is 19.3 Å². The van der Waals surface area contributed by atoms with Crippen molar-refractivity contribution in [1.29, 1.82) is 0 Å². The summed E-state index contributed by atoms with van der Waals surface area (Å²) in [4.78, 5) is 11.8. The van der Waals surface area contributed by atoms with E-state index >= 15 is 0 Å². The third-order valence-electron chi connectivity index (χ3n) is 3.82. The smallest absolute Gasteiger partial charge is 0.332 e. The quantitative estimate of drug-likeness (QED) is 0.586. The molecule has 0 aromatic heterocycles. The first-order valence-corrected chi connectivity index (χ1v) is 6.90. The molecule has 4 nitrogen and oxygen atoms in total. The Labute approximate surface area is 110 Å². The van der Waals surface area contributed by atoms with Crippen LogP contribution >= 0.6 is 0 Å². The van der Waals surface area contributed by atoms with Crippen LogP contribution in [-0.4, -0.2) is 36.5 Å². The first kappa shape index (κ1) is 15.4. The molecule has 0 spiro atoms. The fraction of sp³-hybridized carbons (Fsp3) is 0.929. The molecule has 0 saturated heterocycles. The van der Waals surface area contributed by atoms with Gasteiger partial charge >= 0.3 is 5.97 Å². The van der Waals surface area contributed by atoms with E-state index in [-0.39, 0.29) is 31.4 Å². The van der Waals surface area contributed by atoms with E-state index in [4.69, 9.17) is 14.6 Å². The maximum absolute atomic E-state index is 11.8. The molecule has 1 fully saturated rings. The first-order chi connectivity index (χ1) is 8.50. The van der Waals surface area contributed by atoms with Crippen LogP contribution in [-0.2, 0) is 14.3 Å². The monoisotopic (exact) mass is 258 g/mol. The Bertz CT molecular complexity index is 265. The van der Waals surface area contributed by atoms with Gasteiger partial charge < -0.3 is 14.6 Å². The van der Waals surface area contributed by atoms with Crippen LogP contribution in [0.2, 0.25) is 0 Å². The summed E-state index contributed by atoms with van der Waals surface area (Å²) in [6, 6.07) is 0. The summed E-state index contributed by atoms with van der Waals surface area (Å²) in [6.45, 7) is 6.48. The minimum atomic E-state index is -0.322. The van der Waals surface area contributed by atoms with Gasteiger partial charge in [0.25, 0.3) is 0 Å². The molecule has 18 heavy (non-hydrogen) atoms. The van der Waals surface area contributed by atoms with Gasteiger partial charge in [-0.05, 0) is 31.1 Å². The van der Waals surface area contributed by atoms with Crippen molar-refractivity contribution < 1.29 is 19.4 Å². The fourth-order valence-corrected chi connectivity index (χ4v) is 2.75. The highest BCUT2D eigenvalue weighted by molar-refractivity contribution is 5.71. The molecule has 0 bridgehead atoms. The minimum absolute atomic E-state index is 0.0661. The largest absolute Gasteiger partial charge is 0.457 e. The van der Waals surface area contributed by atoms with Gasteiger partial charge in [-0.15, -0.1) is 0 Å². The Hall–Kier alpha value is -0.610. The second kappa shape index (κ2) is 7.10. The highest BCUT2D eigenvalue weighted by Crippen LogP contribution is 2.40. The molecule has 106 valence electrons. The van der Waals surface area contributed by atoms with Crippen LogP contribution in [0.1, 0.15) is 46.5 Å². The summed E-state index contributed by atoms with van der Waals surface area (Å²) in [5.41, 5.74) is -0.322. The third kappa shape index (κ3) is 4.25. The molecule has 0 radical (unpaired) electrons. The van der Waals surface area contributed by atoms with Gasteiger partial charge in [0.15, 0.2) is 0 Å². The van der Waals surface area contributed by atoms with E-state index in [1.54, 1.807) is 0 Å². The Morgan fingerprint density at radius 1 is 1.50 bits per heavy atom. The predicted octanol–water partition coefficient (Wildman–Crippen LogP) is 2.14. The zero-order valence-electron chi connectivity index (χ0n) is 11.8. The highest BCUT2D eigenvalue weighted by Gasteiger charge is 2.41. The minimum Gasteiger partial charge on any atom is -0.457 e. The molecule has 1 aliphatic carbocycles. The number of aliphatic hydroxyl groups excluding tert-OH is 1. The van der Waals surface area contributed by atoms with Gasteiger partial charge in [-0.1, -0.05) is 27.2 Å². The number of aliphatic hydroxyl groups is 1. The van der Waals surface area contributed by atoms with Gasteiger partial charge in [0.2, 0.25) is 0 Å². The van der Waals surface area contributed by atoms with Gasteiger partial charge in [-0.25, -0.2) is 4.79 Å². The van der Waals surface area contributed by atoms with Gasteiger partial charge in [0.1, 0.15) is 12.2 Å². The maximum atomic E-state index is 11.8. The number of rotatable bonds is 6. The Kier molecular flexibility index (Phi) is 6.09. The van der Waals surface area contributed by atoms with E-state index < -0.39 is 0 Å². The van der Waals surface area contributed by atoms with Gasteiger partial charge in [0.05, 0.1) is 13.2 Å². The molecule has 1 rings (SSSR count). The van der Waals surface area contributed by atoms with Crippen molar-refractivity contribution >= 4 is 5.97 Å². The van der Waals surface area contributed by atoms with Crippen molar-refractivity contribution in [3.05, 3.63) is 0 Å². The summed E-state index contributed by atoms with van der Waals surface area (Å²) < 4.78 is 10.7. The maximum Gasteiger partial charge on any atom is 0.332 e. The second-order valence-electron chi connectivity index (χ2n) is 5.67. The number of ether oxygens (including phenoxy) is 2. The molecule has 4 heteroatoms. The molecule has 0 aromatic carbocycles. The Morgan fingerprint density at radius 2 is 2.22 bits per heavy atom. The van der Waals surface area contributed by atoms with Gasteiger partial charge in [-0.3, -0.25) is 0 Å². The van der Waals surface area contributed by atoms with Crippen molar-refractivity contribution in [1.82, 2.24) is 0 Å². The van der Waals surface area contributed by atoms with E-state index in [2.05, 4.69) is 20.8 Å². The first-order valence-electron chi connectivity index (χ1n) is 6.90. The van der Waals surface area contributed by atoms with Crippen LogP contribution in [0.25, 0.3) is 0 Å². The molecule has 1 aliphatic rings. The summed E-state index contributed by atoms with van der Waals surface area (Å²) in [6.07, 6.45) is 4.22. The highest BCUT2D eigenvalue weighted by atomic mass is 16.6. The zero-order valence-corrected chi connectivity index (χ0v) is 11.8. The molecule has 0 aliphatic heterocycles.